The van der Waals surface area contributed by atoms with Crippen LogP contribution in [0.25, 0.3) is 6.08 Å². The number of carbonyl (C=O) groups excluding carboxylic acids is 2. The first-order chi connectivity index (χ1) is 7.65. The lowest BCUT2D eigenvalue weighted by Crippen LogP contribution is -2.13. The van der Waals surface area contributed by atoms with Crippen LogP contribution in [-0.2, 0) is 9.47 Å². The Bertz CT molecular complexity index is 435. The van der Waals surface area contributed by atoms with Crippen LogP contribution in [0.1, 0.15) is 26.3 Å². The highest BCUT2D eigenvalue weighted by Crippen LogP contribution is 2.18. The van der Waals surface area contributed by atoms with Crippen LogP contribution in [0.15, 0.2) is 24.8 Å². The van der Waals surface area contributed by atoms with Crippen LogP contribution in [0.4, 0.5) is 0 Å². The first-order valence-corrected chi connectivity index (χ1v) is 4.57. The van der Waals surface area contributed by atoms with Gasteiger partial charge in [-0.1, -0.05) is 24.8 Å². The van der Waals surface area contributed by atoms with Gasteiger partial charge in [0, 0.05) is 0 Å². The third kappa shape index (κ3) is 2.11. The van der Waals surface area contributed by atoms with Gasteiger partial charge < -0.3 is 9.47 Å². The summed E-state index contributed by atoms with van der Waals surface area (Å²) >= 11 is 0. The minimum atomic E-state index is -0.587. The van der Waals surface area contributed by atoms with Crippen LogP contribution in [0, 0.1) is 0 Å². The topological polar surface area (TPSA) is 52.6 Å². The molecule has 0 aliphatic carbocycles. The molecule has 0 aliphatic heterocycles. The Morgan fingerprint density at radius 3 is 2.31 bits per heavy atom. The molecule has 1 aromatic carbocycles. The van der Waals surface area contributed by atoms with E-state index < -0.39 is 11.9 Å². The average molecular weight is 220 g/mol. The Morgan fingerprint density at radius 2 is 1.81 bits per heavy atom. The van der Waals surface area contributed by atoms with Crippen LogP contribution in [0.5, 0.6) is 0 Å². The predicted molar refractivity (Wildman–Crippen MR) is 59.2 cm³/mol. The summed E-state index contributed by atoms with van der Waals surface area (Å²) in [6.07, 6.45) is 1.48. The Labute approximate surface area is 93.5 Å². The van der Waals surface area contributed by atoms with E-state index in [9.17, 15) is 9.59 Å². The van der Waals surface area contributed by atoms with Gasteiger partial charge in [0.25, 0.3) is 0 Å². The molecule has 0 radical (unpaired) electrons. The number of rotatable bonds is 3. The summed E-state index contributed by atoms with van der Waals surface area (Å²) in [6.45, 7) is 3.57. The minimum absolute atomic E-state index is 0.173. The second-order valence-corrected chi connectivity index (χ2v) is 2.96. The molecule has 0 spiro atoms. The molecule has 0 aliphatic rings. The minimum Gasteiger partial charge on any atom is -0.465 e. The van der Waals surface area contributed by atoms with E-state index >= 15 is 0 Å². The molecule has 0 saturated carbocycles. The van der Waals surface area contributed by atoms with E-state index in [1.54, 1.807) is 12.1 Å². The van der Waals surface area contributed by atoms with Crippen LogP contribution < -0.4 is 0 Å². The molecule has 16 heavy (non-hydrogen) atoms. The molecule has 0 aromatic heterocycles. The molecular formula is C12H12O4. The van der Waals surface area contributed by atoms with Crippen molar-refractivity contribution in [2.75, 3.05) is 14.2 Å². The van der Waals surface area contributed by atoms with E-state index in [1.807, 2.05) is 0 Å². The van der Waals surface area contributed by atoms with Crippen molar-refractivity contribution in [1.82, 2.24) is 0 Å². The van der Waals surface area contributed by atoms with Gasteiger partial charge in [0.2, 0.25) is 0 Å². The monoisotopic (exact) mass is 220 g/mol. The maximum Gasteiger partial charge on any atom is 0.339 e. The van der Waals surface area contributed by atoms with Gasteiger partial charge in [-0.05, 0) is 11.6 Å². The molecule has 0 heterocycles. The average Bonchev–Trinajstić information content (AvgIpc) is 2.35. The fraction of sp³-hybridized carbons (Fsp3) is 0.167. The molecular weight excluding hydrogens is 208 g/mol. The number of benzene rings is 1. The molecule has 1 aromatic rings. The Kier molecular flexibility index (Phi) is 3.83. The molecule has 0 saturated heterocycles. The lowest BCUT2D eigenvalue weighted by Gasteiger charge is -2.08. The number of ether oxygens (including phenoxy) is 2. The van der Waals surface area contributed by atoms with Crippen molar-refractivity contribution in [3.8, 4) is 0 Å². The highest BCUT2D eigenvalue weighted by Gasteiger charge is 2.20. The maximum atomic E-state index is 11.6. The molecule has 0 fully saturated rings. The Morgan fingerprint density at radius 1 is 1.19 bits per heavy atom. The second-order valence-electron chi connectivity index (χ2n) is 2.96. The summed E-state index contributed by atoms with van der Waals surface area (Å²) in [5, 5.41) is 0. The Balaban J connectivity index is 3.43. The number of hydrogen-bond acceptors (Lipinski definition) is 4. The summed E-state index contributed by atoms with van der Waals surface area (Å²) in [4.78, 5) is 23.0. The van der Waals surface area contributed by atoms with Gasteiger partial charge in [0.1, 0.15) is 0 Å². The molecule has 0 unspecified atom stereocenters. The van der Waals surface area contributed by atoms with Crippen LogP contribution >= 0.6 is 0 Å². The maximum absolute atomic E-state index is 11.6. The fourth-order valence-corrected chi connectivity index (χ4v) is 1.35. The highest BCUT2D eigenvalue weighted by molar-refractivity contribution is 6.05. The molecule has 0 amide bonds. The fourth-order valence-electron chi connectivity index (χ4n) is 1.35. The van der Waals surface area contributed by atoms with Crippen LogP contribution in [-0.4, -0.2) is 26.2 Å². The standard InChI is InChI=1S/C12H12O4/c1-4-8-6-5-7-9(11(13)15-2)10(8)12(14)16-3/h4-7H,1H2,2-3H3. The van der Waals surface area contributed by atoms with Crippen molar-refractivity contribution in [2.45, 2.75) is 0 Å². The summed E-state index contributed by atoms with van der Waals surface area (Å²) in [6, 6.07) is 4.83. The first kappa shape index (κ1) is 12.0. The van der Waals surface area contributed by atoms with Crippen LogP contribution in [0.3, 0.4) is 0 Å². The van der Waals surface area contributed by atoms with E-state index in [2.05, 4.69) is 16.1 Å². The molecule has 4 nitrogen and oxygen atoms in total. The molecule has 1 rings (SSSR count). The van der Waals surface area contributed by atoms with E-state index in [0.29, 0.717) is 5.56 Å². The molecule has 0 N–H and O–H groups in total. The van der Waals surface area contributed by atoms with Gasteiger partial charge in [-0.2, -0.15) is 0 Å². The Hall–Kier alpha value is -2.10. The van der Waals surface area contributed by atoms with E-state index in [4.69, 9.17) is 0 Å². The second kappa shape index (κ2) is 5.11. The molecule has 0 bridgehead atoms. The lowest BCUT2D eigenvalue weighted by molar-refractivity contribution is 0.0555. The number of carbonyl (C=O) groups is 2. The van der Waals surface area contributed by atoms with Crippen molar-refractivity contribution in [3.05, 3.63) is 41.5 Å². The number of esters is 2. The molecule has 84 valence electrons. The van der Waals surface area contributed by atoms with E-state index in [0.717, 1.165) is 0 Å². The first-order valence-electron chi connectivity index (χ1n) is 4.57. The zero-order valence-corrected chi connectivity index (χ0v) is 9.15. The summed E-state index contributed by atoms with van der Waals surface area (Å²) in [5.41, 5.74) is 0.883. The smallest absolute Gasteiger partial charge is 0.339 e. The third-order valence-electron chi connectivity index (χ3n) is 2.11. The lowest BCUT2D eigenvalue weighted by atomic mass is 10.0. The van der Waals surface area contributed by atoms with Crippen molar-refractivity contribution < 1.29 is 19.1 Å². The van der Waals surface area contributed by atoms with Gasteiger partial charge in [0.05, 0.1) is 25.3 Å². The van der Waals surface area contributed by atoms with Crippen molar-refractivity contribution in [2.24, 2.45) is 0 Å². The van der Waals surface area contributed by atoms with Gasteiger partial charge in [-0.3, -0.25) is 0 Å². The molecule has 4 heteroatoms. The van der Waals surface area contributed by atoms with Crippen molar-refractivity contribution >= 4 is 18.0 Å². The number of hydrogen-bond donors (Lipinski definition) is 0. The summed E-state index contributed by atoms with van der Waals surface area (Å²) in [7, 11) is 2.51. The SMILES string of the molecule is C=Cc1cccc(C(=O)OC)c1C(=O)OC. The largest absolute Gasteiger partial charge is 0.465 e. The van der Waals surface area contributed by atoms with E-state index in [-0.39, 0.29) is 11.1 Å². The van der Waals surface area contributed by atoms with Crippen molar-refractivity contribution in [1.29, 1.82) is 0 Å². The number of methoxy groups -OCH3 is 2. The quantitative estimate of drug-likeness (QED) is 0.730. The zero-order chi connectivity index (χ0) is 12.1. The third-order valence-corrected chi connectivity index (χ3v) is 2.11. The van der Waals surface area contributed by atoms with Gasteiger partial charge in [0.15, 0.2) is 0 Å². The van der Waals surface area contributed by atoms with Crippen LogP contribution in [0.2, 0.25) is 0 Å². The van der Waals surface area contributed by atoms with Gasteiger partial charge in [-0.15, -0.1) is 0 Å². The zero-order valence-electron chi connectivity index (χ0n) is 9.15. The predicted octanol–water partition coefficient (Wildman–Crippen LogP) is 1.90. The molecule has 0 atom stereocenters. The normalized spacial score (nSPS) is 9.38. The van der Waals surface area contributed by atoms with E-state index in [1.165, 1.54) is 26.4 Å². The summed E-state index contributed by atoms with van der Waals surface area (Å²) in [5.74, 6) is -1.17. The highest BCUT2D eigenvalue weighted by atomic mass is 16.5. The van der Waals surface area contributed by atoms with Crippen molar-refractivity contribution in [3.63, 3.8) is 0 Å². The summed E-state index contributed by atoms with van der Waals surface area (Å²) < 4.78 is 9.21. The van der Waals surface area contributed by atoms with Gasteiger partial charge >= 0.3 is 11.9 Å². The van der Waals surface area contributed by atoms with Gasteiger partial charge in [-0.25, -0.2) is 9.59 Å².